The maximum Gasteiger partial charge on any atom is 0.274 e. The predicted molar refractivity (Wildman–Crippen MR) is 97.5 cm³/mol. The second kappa shape index (κ2) is 6.34. The average molecular weight is 354 g/mol. The van der Waals surface area contributed by atoms with Gasteiger partial charge in [-0.2, -0.15) is 0 Å². The molecule has 1 aromatic heterocycles. The van der Waals surface area contributed by atoms with Crippen LogP contribution in [0.1, 0.15) is 43.6 Å². The number of likely N-dealkylation sites (tertiary alicyclic amines) is 1. The maximum absolute atomic E-state index is 13.4. The fourth-order valence-corrected chi connectivity index (χ4v) is 4.59. The van der Waals surface area contributed by atoms with E-state index >= 15 is 0 Å². The molecule has 0 N–H and O–H groups in total. The summed E-state index contributed by atoms with van der Waals surface area (Å²) in [6.07, 6.45) is 7.50. The van der Waals surface area contributed by atoms with Crippen LogP contribution in [0.5, 0.6) is 0 Å². The third-order valence-corrected chi connectivity index (χ3v) is 5.58. The highest BCUT2D eigenvalue weighted by atomic mass is 19.1. The van der Waals surface area contributed by atoms with Gasteiger partial charge in [0.25, 0.3) is 5.91 Å². The summed E-state index contributed by atoms with van der Waals surface area (Å²) in [7, 11) is 0. The van der Waals surface area contributed by atoms with Gasteiger partial charge in [-0.3, -0.25) is 9.78 Å². The molecule has 1 amide bonds. The number of rotatable bonds is 2. The molecule has 0 aliphatic carbocycles. The highest BCUT2D eigenvalue weighted by Gasteiger charge is 2.50. The molecule has 0 unspecified atom stereocenters. The summed E-state index contributed by atoms with van der Waals surface area (Å²) in [5, 5.41) is 0. The van der Waals surface area contributed by atoms with Gasteiger partial charge in [0.1, 0.15) is 11.5 Å². The molecule has 4 rings (SSSR count). The zero-order valence-corrected chi connectivity index (χ0v) is 15.1. The number of nitrogens with zero attached hydrogens (tertiary/aromatic N) is 4. The van der Waals surface area contributed by atoms with Gasteiger partial charge in [0.15, 0.2) is 0 Å². The van der Waals surface area contributed by atoms with Crippen molar-refractivity contribution in [1.82, 2.24) is 14.9 Å². The molecule has 2 atom stereocenters. The van der Waals surface area contributed by atoms with E-state index in [0.29, 0.717) is 5.69 Å². The zero-order valence-electron chi connectivity index (χ0n) is 15.1. The number of carbonyl (C=O) groups excluding carboxylic acids is 1. The molecule has 2 fully saturated rings. The Bertz CT molecular complexity index is 793. The van der Waals surface area contributed by atoms with E-state index in [2.05, 4.69) is 28.7 Å². The van der Waals surface area contributed by atoms with Crippen molar-refractivity contribution in [1.29, 1.82) is 0 Å². The van der Waals surface area contributed by atoms with Gasteiger partial charge < -0.3 is 9.80 Å². The molecule has 26 heavy (non-hydrogen) atoms. The van der Waals surface area contributed by atoms with Crippen molar-refractivity contribution in [2.45, 2.75) is 50.7 Å². The number of anilines is 1. The maximum atomic E-state index is 13.4. The van der Waals surface area contributed by atoms with E-state index in [0.717, 1.165) is 31.5 Å². The third-order valence-electron chi connectivity index (χ3n) is 5.58. The van der Waals surface area contributed by atoms with Crippen LogP contribution in [0.3, 0.4) is 0 Å². The van der Waals surface area contributed by atoms with Crippen molar-refractivity contribution >= 4 is 11.6 Å². The molecule has 0 bridgehead atoms. The van der Waals surface area contributed by atoms with Crippen molar-refractivity contribution in [3.8, 4) is 0 Å². The van der Waals surface area contributed by atoms with Crippen LogP contribution in [-0.4, -0.2) is 44.9 Å². The first-order valence-corrected chi connectivity index (χ1v) is 9.09. The standard InChI is InChI=1S/C20H23FN4O/c1-20(2)12-18-17(25(20)15-7-5-14(21)6-8-15)4-3-11-24(18)19(26)16-13-22-9-10-23-16/h5-10,13,17-18H,3-4,11-12H2,1-2H3/t17-,18-/m0/s1. The lowest BCUT2D eigenvalue weighted by atomic mass is 9.94. The summed E-state index contributed by atoms with van der Waals surface area (Å²) in [4.78, 5) is 25.5. The summed E-state index contributed by atoms with van der Waals surface area (Å²) in [5.41, 5.74) is 1.29. The van der Waals surface area contributed by atoms with Gasteiger partial charge in [-0.05, 0) is 57.4 Å². The largest absolute Gasteiger partial charge is 0.361 e. The number of aromatic nitrogens is 2. The first-order chi connectivity index (χ1) is 12.5. The van der Waals surface area contributed by atoms with Gasteiger partial charge in [0.05, 0.1) is 18.3 Å². The second-order valence-electron chi connectivity index (χ2n) is 7.73. The number of fused-ring (bicyclic) bond motifs is 1. The summed E-state index contributed by atoms with van der Waals surface area (Å²) >= 11 is 0. The first-order valence-electron chi connectivity index (χ1n) is 9.09. The van der Waals surface area contributed by atoms with E-state index in [1.54, 1.807) is 12.4 Å². The highest BCUT2D eigenvalue weighted by molar-refractivity contribution is 5.92. The number of halogens is 1. The van der Waals surface area contributed by atoms with Crippen LogP contribution in [0, 0.1) is 5.82 Å². The molecule has 0 radical (unpaired) electrons. The van der Waals surface area contributed by atoms with Gasteiger partial charge in [0, 0.05) is 30.2 Å². The molecule has 6 heteroatoms. The Morgan fingerprint density at radius 3 is 2.65 bits per heavy atom. The van der Waals surface area contributed by atoms with Crippen LogP contribution >= 0.6 is 0 Å². The Labute approximate surface area is 152 Å². The lowest BCUT2D eigenvalue weighted by molar-refractivity contribution is 0.0598. The van der Waals surface area contributed by atoms with Crippen molar-refractivity contribution < 1.29 is 9.18 Å². The van der Waals surface area contributed by atoms with Crippen LogP contribution in [0.4, 0.5) is 10.1 Å². The highest BCUT2D eigenvalue weighted by Crippen LogP contribution is 2.43. The third kappa shape index (κ3) is 2.83. The fourth-order valence-electron chi connectivity index (χ4n) is 4.59. The van der Waals surface area contributed by atoms with Crippen LogP contribution in [0.15, 0.2) is 42.9 Å². The quantitative estimate of drug-likeness (QED) is 0.830. The van der Waals surface area contributed by atoms with Crippen LogP contribution in [0.25, 0.3) is 0 Å². The summed E-state index contributed by atoms with van der Waals surface area (Å²) in [6, 6.07) is 7.03. The number of hydrogen-bond donors (Lipinski definition) is 0. The van der Waals surface area contributed by atoms with Gasteiger partial charge in [-0.25, -0.2) is 9.37 Å². The minimum absolute atomic E-state index is 0.0513. The van der Waals surface area contributed by atoms with Crippen molar-refractivity contribution in [3.63, 3.8) is 0 Å². The molecular formula is C20H23FN4O. The van der Waals surface area contributed by atoms with E-state index in [4.69, 9.17) is 0 Å². The molecular weight excluding hydrogens is 331 g/mol. The fraction of sp³-hybridized carbons (Fsp3) is 0.450. The van der Waals surface area contributed by atoms with Crippen molar-refractivity contribution in [3.05, 3.63) is 54.4 Å². The van der Waals surface area contributed by atoms with Crippen molar-refractivity contribution in [2.24, 2.45) is 0 Å². The summed E-state index contributed by atoms with van der Waals surface area (Å²) < 4.78 is 13.4. The molecule has 0 spiro atoms. The Kier molecular flexibility index (Phi) is 4.13. The van der Waals surface area contributed by atoms with Crippen molar-refractivity contribution in [2.75, 3.05) is 11.4 Å². The molecule has 2 saturated heterocycles. The number of carbonyl (C=O) groups is 1. The average Bonchev–Trinajstić information content (AvgIpc) is 2.92. The second-order valence-corrected chi connectivity index (χ2v) is 7.73. The molecule has 3 heterocycles. The Balaban J connectivity index is 1.66. The zero-order chi connectivity index (χ0) is 18.3. The van der Waals surface area contributed by atoms with Crippen LogP contribution < -0.4 is 4.90 Å². The molecule has 1 aromatic carbocycles. The van der Waals surface area contributed by atoms with Gasteiger partial charge in [-0.1, -0.05) is 0 Å². The van der Waals surface area contributed by atoms with Crippen LogP contribution in [0.2, 0.25) is 0 Å². The molecule has 2 aliphatic heterocycles. The summed E-state index contributed by atoms with van der Waals surface area (Å²) in [6.45, 7) is 5.13. The molecule has 5 nitrogen and oxygen atoms in total. The normalized spacial score (nSPS) is 24.4. The predicted octanol–water partition coefficient (Wildman–Crippen LogP) is 3.28. The topological polar surface area (TPSA) is 49.3 Å². The molecule has 136 valence electrons. The summed E-state index contributed by atoms with van der Waals surface area (Å²) in [5.74, 6) is -0.282. The smallest absolute Gasteiger partial charge is 0.274 e. The number of benzene rings is 1. The van der Waals surface area contributed by atoms with Crippen LogP contribution in [-0.2, 0) is 0 Å². The van der Waals surface area contributed by atoms with E-state index < -0.39 is 0 Å². The van der Waals surface area contributed by atoms with E-state index in [1.807, 2.05) is 17.0 Å². The van der Waals surface area contributed by atoms with Gasteiger partial charge in [0.2, 0.25) is 0 Å². The molecule has 2 aromatic rings. The molecule has 2 aliphatic rings. The van der Waals surface area contributed by atoms with Gasteiger partial charge >= 0.3 is 0 Å². The van der Waals surface area contributed by atoms with E-state index in [9.17, 15) is 9.18 Å². The monoisotopic (exact) mass is 354 g/mol. The number of hydrogen-bond acceptors (Lipinski definition) is 4. The van der Waals surface area contributed by atoms with Gasteiger partial charge in [-0.15, -0.1) is 0 Å². The lowest BCUT2D eigenvalue weighted by Crippen LogP contribution is -2.53. The van der Waals surface area contributed by atoms with E-state index in [1.165, 1.54) is 18.3 Å². The SMILES string of the molecule is CC1(C)C[C@H]2[C@H](CCCN2C(=O)c2cnccn2)N1c1ccc(F)cc1. The molecule has 0 saturated carbocycles. The lowest BCUT2D eigenvalue weighted by Gasteiger charge is -2.42. The minimum atomic E-state index is -0.231. The minimum Gasteiger partial charge on any atom is -0.361 e. The Hall–Kier alpha value is -2.50. The number of piperidine rings is 1. The van der Waals surface area contributed by atoms with E-state index in [-0.39, 0.29) is 29.3 Å². The number of amides is 1. The first kappa shape index (κ1) is 16.9. The Morgan fingerprint density at radius 1 is 1.19 bits per heavy atom. The Morgan fingerprint density at radius 2 is 1.96 bits per heavy atom.